The molecule has 0 aromatic heterocycles. The molecule has 0 fully saturated rings. The molecule has 2 rings (SSSR count). The second-order valence-electron chi connectivity index (χ2n) is 6.35. The molecule has 1 atom stereocenters. The molecule has 0 unspecified atom stereocenters. The van der Waals surface area contributed by atoms with Crippen molar-refractivity contribution in [3.8, 4) is 0 Å². The van der Waals surface area contributed by atoms with E-state index in [0.29, 0.717) is 11.6 Å². The summed E-state index contributed by atoms with van der Waals surface area (Å²) in [5, 5.41) is 2.45. The highest BCUT2D eigenvalue weighted by Gasteiger charge is 2.37. The maximum atomic E-state index is 13.1. The van der Waals surface area contributed by atoms with Crippen LogP contribution < -0.4 is 10.0 Å². The van der Waals surface area contributed by atoms with Crippen LogP contribution in [0.3, 0.4) is 0 Å². The van der Waals surface area contributed by atoms with Gasteiger partial charge >= 0.3 is 12.1 Å². The minimum atomic E-state index is -4.89. The SMILES string of the molecule is COC(=O)c1ccc(C)c(NC(=O)[C@H](C)NS(=O)(=O)c2ccccc2C(F)(F)F)c1. The number of rotatable bonds is 6. The minimum Gasteiger partial charge on any atom is -0.465 e. The number of halogens is 3. The standard InChI is InChI=1S/C19H19F3N2O5S/c1-11-8-9-13(18(26)29-3)10-15(11)23-17(25)12(2)24-30(27,28)16-7-5-4-6-14(16)19(20,21)22/h4-10,12,24H,1-3H3,(H,23,25)/t12-/m0/s1. The Morgan fingerprint density at radius 1 is 1.10 bits per heavy atom. The molecule has 2 aromatic carbocycles. The maximum absolute atomic E-state index is 13.1. The van der Waals surface area contributed by atoms with Gasteiger partial charge in [-0.25, -0.2) is 13.2 Å². The number of hydrogen-bond acceptors (Lipinski definition) is 5. The summed E-state index contributed by atoms with van der Waals surface area (Å²) in [6.07, 6.45) is -4.89. The van der Waals surface area contributed by atoms with Crippen molar-refractivity contribution >= 4 is 27.6 Å². The van der Waals surface area contributed by atoms with Crippen molar-refractivity contribution in [2.75, 3.05) is 12.4 Å². The summed E-state index contributed by atoms with van der Waals surface area (Å²) in [6, 6.07) is 6.64. The summed E-state index contributed by atoms with van der Waals surface area (Å²) in [7, 11) is -3.46. The van der Waals surface area contributed by atoms with Crippen molar-refractivity contribution in [2.24, 2.45) is 0 Å². The van der Waals surface area contributed by atoms with Crippen LogP contribution in [0, 0.1) is 6.92 Å². The molecule has 7 nitrogen and oxygen atoms in total. The van der Waals surface area contributed by atoms with E-state index in [2.05, 4.69) is 10.1 Å². The first-order valence-electron chi connectivity index (χ1n) is 8.55. The number of benzene rings is 2. The Bertz CT molecular complexity index is 1070. The van der Waals surface area contributed by atoms with E-state index in [-0.39, 0.29) is 11.3 Å². The molecule has 0 aliphatic carbocycles. The second-order valence-corrected chi connectivity index (χ2v) is 8.03. The van der Waals surface area contributed by atoms with E-state index in [4.69, 9.17) is 0 Å². The summed E-state index contributed by atoms with van der Waals surface area (Å²) < 4.78 is 70.9. The van der Waals surface area contributed by atoms with Crippen molar-refractivity contribution < 1.29 is 35.9 Å². The van der Waals surface area contributed by atoms with E-state index in [1.165, 1.54) is 26.2 Å². The number of alkyl halides is 3. The molecule has 11 heteroatoms. The number of hydrogen-bond donors (Lipinski definition) is 2. The first-order valence-corrected chi connectivity index (χ1v) is 10.0. The van der Waals surface area contributed by atoms with E-state index < -0.39 is 44.6 Å². The number of ether oxygens (including phenoxy) is 1. The first kappa shape index (κ1) is 23.4. The van der Waals surface area contributed by atoms with E-state index in [1.54, 1.807) is 13.0 Å². The van der Waals surface area contributed by atoms with Crippen molar-refractivity contribution in [1.82, 2.24) is 4.72 Å². The number of sulfonamides is 1. The van der Waals surface area contributed by atoms with E-state index >= 15 is 0 Å². The summed E-state index contributed by atoms with van der Waals surface area (Å²) in [6.45, 7) is 2.83. The van der Waals surface area contributed by atoms with E-state index in [0.717, 1.165) is 18.2 Å². The van der Waals surface area contributed by atoms with Gasteiger partial charge in [-0.15, -0.1) is 0 Å². The van der Waals surface area contributed by atoms with Crippen LogP contribution in [0.1, 0.15) is 28.4 Å². The Morgan fingerprint density at radius 2 is 1.73 bits per heavy atom. The smallest absolute Gasteiger partial charge is 0.417 e. The Labute approximate surface area is 171 Å². The van der Waals surface area contributed by atoms with Crippen molar-refractivity contribution in [2.45, 2.75) is 31.0 Å². The molecule has 0 bridgehead atoms. The normalized spacial score (nSPS) is 12.9. The van der Waals surface area contributed by atoms with Crippen LogP contribution in [0.5, 0.6) is 0 Å². The van der Waals surface area contributed by atoms with Crippen molar-refractivity contribution in [1.29, 1.82) is 0 Å². The van der Waals surface area contributed by atoms with Crippen LogP contribution in [-0.4, -0.2) is 33.4 Å². The molecular formula is C19H19F3N2O5S. The zero-order valence-corrected chi connectivity index (χ0v) is 17.0. The quantitative estimate of drug-likeness (QED) is 0.667. The molecule has 0 heterocycles. The molecule has 0 saturated carbocycles. The fourth-order valence-corrected chi connectivity index (χ4v) is 3.96. The molecule has 0 radical (unpaired) electrons. The Morgan fingerprint density at radius 3 is 2.33 bits per heavy atom. The van der Waals surface area contributed by atoms with Gasteiger partial charge in [0, 0.05) is 5.69 Å². The zero-order valence-electron chi connectivity index (χ0n) is 16.2. The molecule has 30 heavy (non-hydrogen) atoms. The van der Waals surface area contributed by atoms with Crippen LogP contribution in [-0.2, 0) is 25.7 Å². The van der Waals surface area contributed by atoms with Crippen LogP contribution in [0.4, 0.5) is 18.9 Å². The van der Waals surface area contributed by atoms with Gasteiger partial charge in [0.1, 0.15) is 0 Å². The minimum absolute atomic E-state index is 0.158. The monoisotopic (exact) mass is 444 g/mol. The summed E-state index contributed by atoms with van der Waals surface area (Å²) in [5.41, 5.74) is -0.379. The zero-order chi connectivity index (χ0) is 22.7. The highest BCUT2D eigenvalue weighted by atomic mass is 32.2. The number of aryl methyl sites for hydroxylation is 1. The number of methoxy groups -OCH3 is 1. The molecular weight excluding hydrogens is 425 g/mol. The molecule has 162 valence electrons. The molecule has 0 spiro atoms. The maximum Gasteiger partial charge on any atom is 0.417 e. The van der Waals surface area contributed by atoms with Crippen LogP contribution in [0.25, 0.3) is 0 Å². The molecule has 2 aromatic rings. The van der Waals surface area contributed by atoms with E-state index in [9.17, 15) is 31.2 Å². The Balaban J connectivity index is 2.24. The van der Waals surface area contributed by atoms with Gasteiger partial charge in [-0.1, -0.05) is 18.2 Å². The van der Waals surface area contributed by atoms with E-state index in [1.807, 2.05) is 4.72 Å². The highest BCUT2D eigenvalue weighted by molar-refractivity contribution is 7.89. The average Bonchev–Trinajstić information content (AvgIpc) is 2.68. The van der Waals surface area contributed by atoms with Gasteiger partial charge in [0.25, 0.3) is 0 Å². The average molecular weight is 444 g/mol. The van der Waals surface area contributed by atoms with Crippen LogP contribution in [0.15, 0.2) is 47.4 Å². The third kappa shape index (κ3) is 5.36. The van der Waals surface area contributed by atoms with Gasteiger partial charge < -0.3 is 10.1 Å². The van der Waals surface area contributed by atoms with Gasteiger partial charge in [0.2, 0.25) is 15.9 Å². The van der Waals surface area contributed by atoms with Gasteiger partial charge in [-0.2, -0.15) is 17.9 Å². The van der Waals surface area contributed by atoms with Gasteiger partial charge in [0.15, 0.2) is 0 Å². The predicted molar refractivity (Wildman–Crippen MR) is 102 cm³/mol. The highest BCUT2D eigenvalue weighted by Crippen LogP contribution is 2.34. The Kier molecular flexibility index (Phi) is 6.88. The number of carbonyl (C=O) groups excluding carboxylic acids is 2. The third-order valence-electron chi connectivity index (χ3n) is 4.12. The van der Waals surface area contributed by atoms with Crippen LogP contribution in [0.2, 0.25) is 0 Å². The first-order chi connectivity index (χ1) is 13.9. The number of amides is 1. The molecule has 0 aliphatic rings. The van der Waals surface area contributed by atoms with Gasteiger partial charge in [-0.05, 0) is 43.7 Å². The lowest BCUT2D eigenvalue weighted by atomic mass is 10.1. The summed E-state index contributed by atoms with van der Waals surface area (Å²) >= 11 is 0. The largest absolute Gasteiger partial charge is 0.465 e. The predicted octanol–water partition coefficient (Wildman–Crippen LogP) is 3.11. The lowest BCUT2D eigenvalue weighted by Crippen LogP contribution is -2.42. The molecule has 0 aliphatic heterocycles. The lowest BCUT2D eigenvalue weighted by Gasteiger charge is -2.18. The fraction of sp³-hybridized carbons (Fsp3) is 0.263. The van der Waals surface area contributed by atoms with Crippen LogP contribution >= 0.6 is 0 Å². The molecule has 2 N–H and O–H groups in total. The number of nitrogens with one attached hydrogen (secondary N) is 2. The number of carbonyl (C=O) groups is 2. The number of esters is 1. The molecule has 1 amide bonds. The van der Waals surface area contributed by atoms with Gasteiger partial charge in [-0.3, -0.25) is 4.79 Å². The Hall–Kier alpha value is -2.92. The summed E-state index contributed by atoms with van der Waals surface area (Å²) in [4.78, 5) is 23.1. The topological polar surface area (TPSA) is 102 Å². The molecule has 0 saturated heterocycles. The van der Waals surface area contributed by atoms with Gasteiger partial charge in [0.05, 0.1) is 29.2 Å². The van der Waals surface area contributed by atoms with Crippen molar-refractivity contribution in [3.05, 3.63) is 59.2 Å². The van der Waals surface area contributed by atoms with Crippen molar-refractivity contribution in [3.63, 3.8) is 0 Å². The second kappa shape index (κ2) is 8.84. The fourth-order valence-electron chi connectivity index (χ4n) is 2.53. The lowest BCUT2D eigenvalue weighted by molar-refractivity contribution is -0.139. The third-order valence-corrected chi connectivity index (χ3v) is 5.72. The summed E-state index contributed by atoms with van der Waals surface area (Å²) in [5.74, 6) is -1.46. The number of anilines is 1.